The van der Waals surface area contributed by atoms with Crippen molar-refractivity contribution in [1.82, 2.24) is 4.57 Å². The van der Waals surface area contributed by atoms with Crippen molar-refractivity contribution >= 4 is 33.3 Å². The first-order chi connectivity index (χ1) is 14.7. The second-order valence-corrected chi connectivity index (χ2v) is 11.0. The van der Waals surface area contributed by atoms with Crippen LogP contribution in [0.1, 0.15) is 44.7 Å². The Bertz CT molecular complexity index is 1230. The third kappa shape index (κ3) is 4.95. The van der Waals surface area contributed by atoms with Crippen molar-refractivity contribution in [3.8, 4) is 0 Å². The first kappa shape index (κ1) is 23.8. The van der Waals surface area contributed by atoms with E-state index < -0.39 is 38.3 Å². The molecule has 1 aromatic heterocycles. The molecule has 1 aromatic carbocycles. The van der Waals surface area contributed by atoms with E-state index in [0.29, 0.717) is 18.4 Å². The number of carbonyl (C=O) groups excluding carboxylic acids is 1. The number of ether oxygens (including phenoxy) is 1. The highest BCUT2D eigenvalue weighted by atomic mass is 32.2. The number of hydrogen-bond donors (Lipinski definition) is 1. The van der Waals surface area contributed by atoms with Crippen LogP contribution in [0.25, 0.3) is 0 Å². The van der Waals surface area contributed by atoms with Gasteiger partial charge >= 0.3 is 6.09 Å². The number of pyridine rings is 1. The number of aryl methyl sites for hydroxylation is 2. The van der Waals surface area contributed by atoms with Crippen molar-refractivity contribution in [2.45, 2.75) is 58.3 Å². The minimum Gasteiger partial charge on any atom is -0.443 e. The molecular formula is C22H28FN3O5S. The van der Waals surface area contributed by atoms with Gasteiger partial charge in [-0.15, -0.1) is 0 Å². The van der Waals surface area contributed by atoms with E-state index in [4.69, 9.17) is 4.74 Å². The van der Waals surface area contributed by atoms with Crippen LogP contribution in [-0.2, 0) is 21.8 Å². The number of sulfonamides is 1. The van der Waals surface area contributed by atoms with E-state index in [1.54, 1.807) is 33.8 Å². The second kappa shape index (κ2) is 8.23. The molecule has 0 spiro atoms. The molecule has 1 aliphatic rings. The Morgan fingerprint density at radius 3 is 2.38 bits per heavy atom. The predicted molar refractivity (Wildman–Crippen MR) is 121 cm³/mol. The van der Waals surface area contributed by atoms with E-state index in [1.807, 2.05) is 0 Å². The number of nitrogens with zero attached hydrogens (tertiary/aromatic N) is 2. The van der Waals surface area contributed by atoms with E-state index in [9.17, 15) is 18.0 Å². The Hall–Kier alpha value is -2.88. The fourth-order valence-corrected chi connectivity index (χ4v) is 4.62. The minimum absolute atomic E-state index is 0.0117. The van der Waals surface area contributed by atoms with Crippen LogP contribution in [0.5, 0.6) is 0 Å². The molecule has 0 saturated heterocycles. The Balaban J connectivity index is 2.28. The van der Waals surface area contributed by atoms with Crippen molar-refractivity contribution in [2.24, 2.45) is 7.05 Å². The maximum absolute atomic E-state index is 15.0. The summed E-state index contributed by atoms with van der Waals surface area (Å²) >= 11 is 0. The maximum atomic E-state index is 15.0. The van der Waals surface area contributed by atoms with Crippen LogP contribution in [0.4, 0.5) is 26.4 Å². The summed E-state index contributed by atoms with van der Waals surface area (Å²) in [4.78, 5) is 26.9. The first-order valence-electron chi connectivity index (χ1n) is 10.2. The van der Waals surface area contributed by atoms with Crippen molar-refractivity contribution in [2.75, 3.05) is 9.62 Å². The molecule has 32 heavy (non-hydrogen) atoms. The molecule has 174 valence electrons. The van der Waals surface area contributed by atoms with Gasteiger partial charge in [0.05, 0.1) is 16.6 Å². The van der Waals surface area contributed by atoms with Crippen molar-refractivity contribution in [1.29, 1.82) is 0 Å². The molecule has 1 aliphatic carbocycles. The summed E-state index contributed by atoms with van der Waals surface area (Å²) < 4.78 is 49.5. The highest BCUT2D eigenvalue weighted by molar-refractivity contribution is 7.93. The lowest BCUT2D eigenvalue weighted by Crippen LogP contribution is -2.38. The van der Waals surface area contributed by atoms with Crippen LogP contribution < -0.4 is 15.2 Å². The van der Waals surface area contributed by atoms with E-state index in [0.717, 1.165) is 9.47 Å². The second-order valence-electron chi connectivity index (χ2n) is 9.05. The molecule has 1 saturated carbocycles. The lowest BCUT2D eigenvalue weighted by molar-refractivity contribution is 0.0596. The summed E-state index contributed by atoms with van der Waals surface area (Å²) in [5.41, 5.74) is -0.678. The Morgan fingerprint density at radius 1 is 1.22 bits per heavy atom. The fourth-order valence-electron chi connectivity index (χ4n) is 3.24. The zero-order chi connectivity index (χ0) is 24.0. The zero-order valence-corrected chi connectivity index (χ0v) is 19.8. The molecule has 1 amide bonds. The molecule has 0 radical (unpaired) electrons. The van der Waals surface area contributed by atoms with E-state index in [-0.39, 0.29) is 22.8 Å². The first-order valence-corrected chi connectivity index (χ1v) is 11.8. The lowest BCUT2D eigenvalue weighted by atomic mass is 10.2. The highest BCUT2D eigenvalue weighted by Crippen LogP contribution is 2.37. The Morgan fingerprint density at radius 2 is 1.84 bits per heavy atom. The van der Waals surface area contributed by atoms with Crippen LogP contribution >= 0.6 is 0 Å². The van der Waals surface area contributed by atoms with Crippen LogP contribution in [0.15, 0.2) is 29.1 Å². The quantitative estimate of drug-likeness (QED) is 0.716. The van der Waals surface area contributed by atoms with Gasteiger partial charge in [-0.05, 0) is 71.2 Å². The van der Waals surface area contributed by atoms with Gasteiger partial charge in [-0.3, -0.25) is 14.1 Å². The smallest absolute Gasteiger partial charge is 0.420 e. The fraction of sp³-hybridized carbons (Fsp3) is 0.455. The number of rotatable bonds is 5. The van der Waals surface area contributed by atoms with Crippen LogP contribution in [0.3, 0.4) is 0 Å². The largest absolute Gasteiger partial charge is 0.443 e. The van der Waals surface area contributed by atoms with Gasteiger partial charge in [0.25, 0.3) is 5.56 Å². The number of aromatic nitrogens is 1. The molecule has 0 unspecified atom stereocenters. The summed E-state index contributed by atoms with van der Waals surface area (Å²) in [6.07, 6.45) is 0.0984. The van der Waals surface area contributed by atoms with Gasteiger partial charge in [-0.25, -0.2) is 22.5 Å². The zero-order valence-electron chi connectivity index (χ0n) is 19.0. The number of halogens is 1. The van der Waals surface area contributed by atoms with Gasteiger partial charge in [0.1, 0.15) is 17.2 Å². The van der Waals surface area contributed by atoms with Gasteiger partial charge in [0.2, 0.25) is 10.0 Å². The highest BCUT2D eigenvalue weighted by Gasteiger charge is 2.38. The lowest BCUT2D eigenvalue weighted by Gasteiger charge is -2.30. The molecule has 0 aliphatic heterocycles. The van der Waals surface area contributed by atoms with Gasteiger partial charge in [-0.2, -0.15) is 0 Å². The average Bonchev–Trinajstić information content (AvgIpc) is 3.48. The summed E-state index contributed by atoms with van der Waals surface area (Å²) in [6, 6.07) is 5.59. The molecule has 0 atom stereocenters. The molecular weight excluding hydrogens is 437 g/mol. The number of anilines is 3. The summed E-state index contributed by atoms with van der Waals surface area (Å²) in [5.74, 6) is -0.860. The SMILES string of the molecule is Cc1ccc(N(C(=O)OC(C)(C)C)c2c(NS(=O)(=O)C3CC3)cc(C)c(=O)n2C)c(F)c1. The van der Waals surface area contributed by atoms with Gasteiger partial charge in [0, 0.05) is 12.6 Å². The predicted octanol–water partition coefficient (Wildman–Crippen LogP) is 4.12. The van der Waals surface area contributed by atoms with Crippen molar-refractivity contribution < 1.29 is 22.3 Å². The molecule has 1 heterocycles. The number of carbonyl (C=O) groups is 1. The van der Waals surface area contributed by atoms with Crippen molar-refractivity contribution in [3.05, 3.63) is 51.6 Å². The molecule has 8 nitrogen and oxygen atoms in total. The standard InChI is InChI=1S/C22H28FN3O5S/c1-13-7-10-18(16(23)11-13)26(21(28)31-22(3,4)5)19-17(12-14(2)20(27)25(19)6)24-32(29,30)15-8-9-15/h7,10-12,15,24H,8-9H2,1-6H3. The van der Waals surface area contributed by atoms with Gasteiger partial charge in [-0.1, -0.05) is 6.07 Å². The van der Waals surface area contributed by atoms with E-state index >= 15 is 4.39 Å². The van der Waals surface area contributed by atoms with Gasteiger partial charge in [0.15, 0.2) is 0 Å². The number of benzene rings is 1. The molecule has 3 rings (SSSR count). The molecule has 10 heteroatoms. The Labute approximate surface area is 187 Å². The maximum Gasteiger partial charge on any atom is 0.420 e. The number of hydrogen-bond acceptors (Lipinski definition) is 5. The molecule has 0 bridgehead atoms. The third-order valence-corrected chi connectivity index (χ3v) is 6.76. The number of nitrogens with one attached hydrogen (secondary N) is 1. The normalized spacial score (nSPS) is 14.2. The molecule has 2 aromatic rings. The van der Waals surface area contributed by atoms with E-state index in [2.05, 4.69) is 4.72 Å². The van der Waals surface area contributed by atoms with Crippen LogP contribution in [0, 0.1) is 19.7 Å². The number of amides is 1. The summed E-state index contributed by atoms with van der Waals surface area (Å²) in [6.45, 7) is 8.19. The van der Waals surface area contributed by atoms with E-state index in [1.165, 1.54) is 32.2 Å². The monoisotopic (exact) mass is 465 g/mol. The topological polar surface area (TPSA) is 97.7 Å². The summed E-state index contributed by atoms with van der Waals surface area (Å²) in [7, 11) is -2.35. The summed E-state index contributed by atoms with van der Waals surface area (Å²) in [5, 5.41) is -0.543. The Kier molecular flexibility index (Phi) is 6.12. The van der Waals surface area contributed by atoms with Crippen LogP contribution in [-0.4, -0.2) is 29.9 Å². The van der Waals surface area contributed by atoms with Gasteiger partial charge < -0.3 is 4.74 Å². The van der Waals surface area contributed by atoms with Crippen LogP contribution in [0.2, 0.25) is 0 Å². The molecule has 1 N–H and O–H groups in total. The molecule has 1 fully saturated rings. The van der Waals surface area contributed by atoms with Crippen molar-refractivity contribution in [3.63, 3.8) is 0 Å². The average molecular weight is 466 g/mol. The third-order valence-electron chi connectivity index (χ3n) is 4.91. The minimum atomic E-state index is -3.74.